The maximum atomic E-state index is 12.0. The summed E-state index contributed by atoms with van der Waals surface area (Å²) in [5.74, 6) is 0.179. The Morgan fingerprint density at radius 1 is 0.952 bits per heavy atom. The molecule has 2 aromatic carbocycles. The molecule has 4 heteroatoms. The van der Waals surface area contributed by atoms with Crippen molar-refractivity contribution in [3.05, 3.63) is 78.5 Å². The van der Waals surface area contributed by atoms with Gasteiger partial charge in [-0.25, -0.2) is 4.79 Å². The molecular weight excluding hydrogens is 282 g/mol. The minimum Gasteiger partial charge on any atom is -0.423 e. The molecule has 3 rings (SSSR count). The Morgan fingerprint density at radius 3 is 2.33 bits per heavy atom. The monoisotopic (exact) mass is 295 g/mol. The van der Waals surface area contributed by atoms with Gasteiger partial charge in [0.25, 0.3) is 0 Å². The fourth-order valence-corrected chi connectivity index (χ4v) is 2.67. The first-order valence-corrected chi connectivity index (χ1v) is 7.31. The number of hydrogen-bond acceptors (Lipinski definition) is 3. The van der Waals surface area contributed by atoms with Crippen molar-refractivity contribution in [3.63, 3.8) is 0 Å². The average molecular weight is 295 g/mol. The minimum atomic E-state index is -0.364. The van der Waals surface area contributed by atoms with E-state index in [0.717, 1.165) is 9.92 Å². The van der Waals surface area contributed by atoms with Gasteiger partial charge in [-0.3, -0.25) is 0 Å². The number of aromatic amines is 1. The second kappa shape index (κ2) is 6.33. The highest BCUT2D eigenvalue weighted by molar-refractivity contribution is 7.99. The van der Waals surface area contributed by atoms with E-state index in [1.165, 1.54) is 0 Å². The van der Waals surface area contributed by atoms with Gasteiger partial charge in [-0.05, 0) is 30.3 Å². The van der Waals surface area contributed by atoms with Crippen LogP contribution in [-0.2, 0) is 0 Å². The normalized spacial score (nSPS) is 10.3. The molecule has 104 valence electrons. The number of ether oxygens (including phenoxy) is 1. The first-order valence-electron chi connectivity index (χ1n) is 6.50. The maximum absolute atomic E-state index is 12.0. The second-order valence-electron chi connectivity index (χ2n) is 4.37. The van der Waals surface area contributed by atoms with Crippen molar-refractivity contribution in [1.29, 1.82) is 0 Å². The minimum absolute atomic E-state index is 0.364. The third-order valence-electron chi connectivity index (χ3n) is 2.82. The smallest absolute Gasteiger partial charge is 0.345 e. The molecule has 0 spiro atoms. The molecule has 3 nitrogen and oxygen atoms in total. The van der Waals surface area contributed by atoms with Crippen LogP contribution in [-0.4, -0.2) is 11.0 Å². The lowest BCUT2D eigenvalue weighted by atomic mass is 10.3. The van der Waals surface area contributed by atoms with E-state index < -0.39 is 0 Å². The van der Waals surface area contributed by atoms with Gasteiger partial charge in [0.1, 0.15) is 5.75 Å². The number of aromatic nitrogens is 1. The molecule has 0 saturated carbocycles. The van der Waals surface area contributed by atoms with Crippen LogP contribution >= 0.6 is 11.8 Å². The van der Waals surface area contributed by atoms with E-state index in [1.54, 1.807) is 36.2 Å². The summed E-state index contributed by atoms with van der Waals surface area (Å²) < 4.78 is 5.30. The van der Waals surface area contributed by atoms with E-state index in [1.807, 2.05) is 48.5 Å². The molecule has 0 aliphatic heterocycles. The van der Waals surface area contributed by atoms with E-state index in [-0.39, 0.29) is 5.97 Å². The molecule has 0 amide bonds. The van der Waals surface area contributed by atoms with Crippen molar-refractivity contribution in [2.45, 2.75) is 9.92 Å². The molecule has 21 heavy (non-hydrogen) atoms. The molecule has 0 unspecified atom stereocenters. The molecule has 0 saturated heterocycles. The first-order chi connectivity index (χ1) is 10.3. The molecule has 1 N–H and O–H groups in total. The molecule has 0 aliphatic carbocycles. The first kappa shape index (κ1) is 13.5. The van der Waals surface area contributed by atoms with Crippen molar-refractivity contribution in [3.8, 4) is 5.75 Å². The van der Waals surface area contributed by atoms with E-state index in [9.17, 15) is 4.79 Å². The fourth-order valence-electron chi connectivity index (χ4n) is 1.82. The average Bonchev–Trinajstić information content (AvgIpc) is 2.98. The number of hydrogen-bond donors (Lipinski definition) is 1. The van der Waals surface area contributed by atoms with Gasteiger partial charge in [0.05, 0.1) is 10.6 Å². The summed E-state index contributed by atoms with van der Waals surface area (Å²) in [7, 11) is 0. The lowest BCUT2D eigenvalue weighted by Gasteiger charge is -2.01. The van der Waals surface area contributed by atoms with Crippen LogP contribution in [0.25, 0.3) is 0 Å². The summed E-state index contributed by atoms with van der Waals surface area (Å²) in [4.78, 5) is 16.2. The summed E-state index contributed by atoms with van der Waals surface area (Å²) in [5.41, 5.74) is 0.511. The van der Waals surface area contributed by atoms with Crippen molar-refractivity contribution < 1.29 is 9.53 Å². The number of benzene rings is 2. The Bertz CT molecular complexity index is 723. The Hall–Kier alpha value is -2.46. The number of esters is 1. The van der Waals surface area contributed by atoms with Gasteiger partial charge in [-0.2, -0.15) is 0 Å². The molecule has 0 fully saturated rings. The fraction of sp³-hybridized carbons (Fsp3) is 0. The van der Waals surface area contributed by atoms with Gasteiger partial charge >= 0.3 is 5.97 Å². The van der Waals surface area contributed by atoms with Crippen molar-refractivity contribution in [2.24, 2.45) is 0 Å². The Morgan fingerprint density at radius 2 is 1.62 bits per heavy atom. The lowest BCUT2D eigenvalue weighted by molar-refractivity contribution is 0.0735. The van der Waals surface area contributed by atoms with E-state index >= 15 is 0 Å². The molecule has 0 radical (unpaired) electrons. The van der Waals surface area contributed by atoms with Crippen molar-refractivity contribution >= 4 is 17.7 Å². The predicted octanol–water partition coefficient (Wildman–Crippen LogP) is 4.39. The van der Waals surface area contributed by atoms with Crippen LogP contribution in [0.4, 0.5) is 0 Å². The molecule has 3 aromatic rings. The van der Waals surface area contributed by atoms with Gasteiger partial charge in [0.15, 0.2) is 0 Å². The molecular formula is C17H13NO2S. The van der Waals surface area contributed by atoms with Gasteiger partial charge < -0.3 is 9.72 Å². The number of para-hydroxylation sites is 1. The van der Waals surface area contributed by atoms with Crippen LogP contribution in [0.3, 0.4) is 0 Å². The zero-order valence-corrected chi connectivity index (χ0v) is 12.0. The summed E-state index contributed by atoms with van der Waals surface area (Å²) in [6, 6.07) is 20.8. The van der Waals surface area contributed by atoms with Gasteiger partial charge in [-0.15, -0.1) is 0 Å². The van der Waals surface area contributed by atoms with E-state index in [4.69, 9.17) is 4.74 Å². The van der Waals surface area contributed by atoms with Crippen LogP contribution in [0.2, 0.25) is 0 Å². The number of rotatable bonds is 4. The van der Waals surface area contributed by atoms with Gasteiger partial charge in [-0.1, -0.05) is 48.2 Å². The van der Waals surface area contributed by atoms with E-state index in [2.05, 4.69) is 4.98 Å². The Labute approximate surface area is 127 Å². The number of nitrogens with one attached hydrogen (secondary N) is 1. The highest BCUT2D eigenvalue weighted by Crippen LogP contribution is 2.27. The highest BCUT2D eigenvalue weighted by atomic mass is 32.2. The predicted molar refractivity (Wildman–Crippen MR) is 82.8 cm³/mol. The SMILES string of the molecule is O=C(Oc1ccccc1)c1c[nH]c(Sc2ccccc2)c1. The number of carbonyl (C=O) groups excluding carboxylic acids is 1. The largest absolute Gasteiger partial charge is 0.423 e. The van der Waals surface area contributed by atoms with Gasteiger partial charge in [0, 0.05) is 11.1 Å². The molecule has 0 aliphatic rings. The molecule has 0 atom stereocenters. The summed E-state index contributed by atoms with van der Waals surface area (Å²) in [5, 5.41) is 0.904. The highest BCUT2D eigenvalue weighted by Gasteiger charge is 2.11. The quantitative estimate of drug-likeness (QED) is 0.573. The maximum Gasteiger partial charge on any atom is 0.345 e. The standard InChI is InChI=1S/C17H13NO2S/c19-17(20-14-7-3-1-4-8-14)13-11-16(18-12-13)21-15-9-5-2-6-10-15/h1-12,18H. The molecule has 1 aromatic heterocycles. The summed E-state index contributed by atoms with van der Waals surface area (Å²) in [6.07, 6.45) is 1.66. The van der Waals surface area contributed by atoms with Crippen LogP contribution in [0, 0.1) is 0 Å². The molecule has 1 heterocycles. The van der Waals surface area contributed by atoms with Crippen molar-refractivity contribution in [2.75, 3.05) is 0 Å². The zero-order chi connectivity index (χ0) is 14.5. The topological polar surface area (TPSA) is 42.1 Å². The second-order valence-corrected chi connectivity index (χ2v) is 5.49. The number of carbonyl (C=O) groups is 1. The number of H-pyrrole nitrogens is 1. The van der Waals surface area contributed by atoms with Gasteiger partial charge in [0.2, 0.25) is 0 Å². The summed E-state index contributed by atoms with van der Waals surface area (Å²) >= 11 is 1.57. The summed E-state index contributed by atoms with van der Waals surface area (Å²) in [6.45, 7) is 0. The Balaban J connectivity index is 1.68. The zero-order valence-electron chi connectivity index (χ0n) is 11.2. The Kier molecular flexibility index (Phi) is 4.07. The molecule has 0 bridgehead atoms. The van der Waals surface area contributed by atoms with Crippen LogP contribution in [0.15, 0.2) is 82.8 Å². The van der Waals surface area contributed by atoms with Crippen LogP contribution in [0.5, 0.6) is 5.75 Å². The van der Waals surface area contributed by atoms with Crippen molar-refractivity contribution in [1.82, 2.24) is 4.98 Å². The van der Waals surface area contributed by atoms with Crippen LogP contribution < -0.4 is 4.74 Å². The third-order valence-corrected chi connectivity index (χ3v) is 3.78. The van der Waals surface area contributed by atoms with Crippen LogP contribution in [0.1, 0.15) is 10.4 Å². The van der Waals surface area contributed by atoms with E-state index in [0.29, 0.717) is 11.3 Å². The lowest BCUT2D eigenvalue weighted by Crippen LogP contribution is -2.06. The third kappa shape index (κ3) is 3.55.